The van der Waals surface area contributed by atoms with Crippen LogP contribution in [0.5, 0.6) is 0 Å². The van der Waals surface area contributed by atoms with E-state index in [-0.39, 0.29) is 5.82 Å². The Hall–Kier alpha value is -0.0600. The SMILES string of the molecule is OC1CSCc2c(Br)ccc(F)c21. The van der Waals surface area contributed by atoms with Crippen molar-refractivity contribution in [3.8, 4) is 0 Å². The van der Waals surface area contributed by atoms with E-state index in [0.29, 0.717) is 11.3 Å². The highest BCUT2D eigenvalue weighted by atomic mass is 79.9. The molecule has 0 saturated heterocycles. The van der Waals surface area contributed by atoms with Crippen LogP contribution in [0.25, 0.3) is 0 Å². The molecule has 1 nitrogen and oxygen atoms in total. The highest BCUT2D eigenvalue weighted by molar-refractivity contribution is 9.10. The van der Waals surface area contributed by atoms with Gasteiger partial charge >= 0.3 is 0 Å². The smallest absolute Gasteiger partial charge is 0.129 e. The van der Waals surface area contributed by atoms with E-state index in [1.807, 2.05) is 0 Å². The maximum Gasteiger partial charge on any atom is 0.129 e. The first-order valence-electron chi connectivity index (χ1n) is 3.92. The number of thioether (sulfide) groups is 1. The molecule has 0 aromatic heterocycles. The quantitative estimate of drug-likeness (QED) is 0.776. The Kier molecular flexibility index (Phi) is 2.62. The van der Waals surface area contributed by atoms with Crippen LogP contribution >= 0.6 is 27.7 Å². The van der Waals surface area contributed by atoms with Crippen molar-refractivity contribution in [2.75, 3.05) is 5.75 Å². The second-order valence-corrected chi connectivity index (χ2v) is 4.84. The third-order valence-corrected chi connectivity index (χ3v) is 3.89. The Morgan fingerprint density at radius 2 is 2.31 bits per heavy atom. The minimum Gasteiger partial charge on any atom is -0.387 e. The number of aliphatic hydroxyl groups is 1. The lowest BCUT2D eigenvalue weighted by Gasteiger charge is -2.22. The summed E-state index contributed by atoms with van der Waals surface area (Å²) < 4.78 is 14.2. The molecular formula is C9H8BrFOS. The normalized spacial score (nSPS) is 21.3. The first-order chi connectivity index (χ1) is 6.20. The summed E-state index contributed by atoms with van der Waals surface area (Å²) in [6, 6.07) is 3.08. The van der Waals surface area contributed by atoms with E-state index in [0.717, 1.165) is 15.8 Å². The molecule has 0 spiro atoms. The lowest BCUT2D eigenvalue weighted by molar-refractivity contribution is 0.196. The van der Waals surface area contributed by atoms with Gasteiger partial charge in [-0.15, -0.1) is 0 Å². The number of aliphatic hydroxyl groups excluding tert-OH is 1. The number of halogens is 2. The third-order valence-electron chi connectivity index (χ3n) is 2.10. The largest absolute Gasteiger partial charge is 0.387 e. The lowest BCUT2D eigenvalue weighted by atomic mass is 10.0. The second-order valence-electron chi connectivity index (χ2n) is 2.95. The number of hydrogen-bond acceptors (Lipinski definition) is 2. The number of fused-ring (bicyclic) bond motifs is 1. The molecular weight excluding hydrogens is 255 g/mol. The van der Waals surface area contributed by atoms with Crippen molar-refractivity contribution in [2.45, 2.75) is 11.9 Å². The van der Waals surface area contributed by atoms with Gasteiger partial charge in [0.1, 0.15) is 5.82 Å². The summed E-state index contributed by atoms with van der Waals surface area (Å²) in [5.41, 5.74) is 1.36. The van der Waals surface area contributed by atoms with Gasteiger partial charge in [0.15, 0.2) is 0 Å². The van der Waals surface area contributed by atoms with Gasteiger partial charge < -0.3 is 5.11 Å². The molecule has 0 bridgehead atoms. The molecule has 1 N–H and O–H groups in total. The van der Waals surface area contributed by atoms with Crippen molar-refractivity contribution in [3.05, 3.63) is 33.5 Å². The minimum absolute atomic E-state index is 0.300. The molecule has 1 aliphatic heterocycles. The van der Waals surface area contributed by atoms with Gasteiger partial charge in [-0.1, -0.05) is 15.9 Å². The Labute approximate surface area is 88.5 Å². The molecule has 1 aliphatic rings. The summed E-state index contributed by atoms with van der Waals surface area (Å²) in [6.45, 7) is 0. The van der Waals surface area contributed by atoms with Crippen LogP contribution in [0.3, 0.4) is 0 Å². The van der Waals surface area contributed by atoms with E-state index in [4.69, 9.17) is 0 Å². The van der Waals surface area contributed by atoms with Gasteiger partial charge in [-0.3, -0.25) is 0 Å². The Balaban J connectivity index is 2.60. The fourth-order valence-electron chi connectivity index (χ4n) is 1.47. The second kappa shape index (κ2) is 3.59. The lowest BCUT2D eigenvalue weighted by Crippen LogP contribution is -2.12. The van der Waals surface area contributed by atoms with E-state index in [1.165, 1.54) is 6.07 Å². The summed E-state index contributed by atoms with van der Waals surface area (Å²) in [5, 5.41) is 9.58. The fraction of sp³-hybridized carbons (Fsp3) is 0.333. The average molecular weight is 263 g/mol. The zero-order chi connectivity index (χ0) is 9.42. The predicted molar refractivity (Wildman–Crippen MR) is 55.2 cm³/mol. The predicted octanol–water partition coefficient (Wildman–Crippen LogP) is 2.87. The molecule has 1 aromatic carbocycles. The van der Waals surface area contributed by atoms with Crippen molar-refractivity contribution in [1.29, 1.82) is 0 Å². The number of benzene rings is 1. The van der Waals surface area contributed by atoms with Crippen LogP contribution in [0.1, 0.15) is 17.2 Å². The standard InChI is InChI=1S/C9H8BrFOS/c10-6-1-2-7(11)9-5(6)3-13-4-8(9)12/h1-2,8,12H,3-4H2. The Morgan fingerprint density at radius 3 is 3.00 bits per heavy atom. The molecule has 0 aliphatic carbocycles. The summed E-state index contributed by atoms with van der Waals surface area (Å²) in [5.74, 6) is 1.05. The van der Waals surface area contributed by atoms with Crippen LogP contribution in [0.15, 0.2) is 16.6 Å². The average Bonchev–Trinajstić information content (AvgIpc) is 2.12. The van der Waals surface area contributed by atoms with Crippen LogP contribution in [0.2, 0.25) is 0 Å². The number of hydrogen-bond donors (Lipinski definition) is 1. The van der Waals surface area contributed by atoms with Crippen LogP contribution in [-0.2, 0) is 5.75 Å². The first-order valence-corrected chi connectivity index (χ1v) is 5.87. The zero-order valence-electron chi connectivity index (χ0n) is 6.76. The maximum atomic E-state index is 13.3. The van der Waals surface area contributed by atoms with Gasteiger partial charge in [0, 0.05) is 21.5 Å². The van der Waals surface area contributed by atoms with Gasteiger partial charge in [0.05, 0.1) is 6.10 Å². The maximum absolute atomic E-state index is 13.3. The summed E-state index contributed by atoms with van der Waals surface area (Å²) in [4.78, 5) is 0. The van der Waals surface area contributed by atoms with E-state index >= 15 is 0 Å². The molecule has 70 valence electrons. The number of rotatable bonds is 0. The van der Waals surface area contributed by atoms with Gasteiger partial charge in [0.2, 0.25) is 0 Å². The fourth-order valence-corrected chi connectivity index (χ4v) is 3.17. The molecule has 1 atom stereocenters. The zero-order valence-corrected chi connectivity index (χ0v) is 9.16. The summed E-state index contributed by atoms with van der Waals surface area (Å²) in [6.07, 6.45) is -0.661. The van der Waals surface area contributed by atoms with Crippen LogP contribution < -0.4 is 0 Å². The third kappa shape index (κ3) is 1.63. The van der Waals surface area contributed by atoms with Gasteiger partial charge in [-0.2, -0.15) is 11.8 Å². The molecule has 1 heterocycles. The Bertz CT molecular complexity index is 343. The van der Waals surface area contributed by atoms with Crippen LogP contribution in [0, 0.1) is 5.82 Å². The van der Waals surface area contributed by atoms with Gasteiger partial charge in [-0.25, -0.2) is 4.39 Å². The molecule has 0 radical (unpaired) electrons. The summed E-state index contributed by atoms with van der Waals surface area (Å²) >= 11 is 4.97. The van der Waals surface area contributed by atoms with E-state index in [1.54, 1.807) is 17.8 Å². The minimum atomic E-state index is -0.661. The molecule has 13 heavy (non-hydrogen) atoms. The summed E-state index contributed by atoms with van der Waals surface area (Å²) in [7, 11) is 0. The van der Waals surface area contributed by atoms with Crippen molar-refractivity contribution in [1.82, 2.24) is 0 Å². The molecule has 4 heteroatoms. The topological polar surface area (TPSA) is 20.2 Å². The molecule has 1 unspecified atom stereocenters. The molecule has 2 rings (SSSR count). The highest BCUT2D eigenvalue weighted by Crippen LogP contribution is 2.37. The molecule has 0 amide bonds. The van der Waals surface area contributed by atoms with Crippen LogP contribution in [0.4, 0.5) is 4.39 Å². The highest BCUT2D eigenvalue weighted by Gasteiger charge is 2.23. The van der Waals surface area contributed by atoms with Gasteiger partial charge in [0.25, 0.3) is 0 Å². The van der Waals surface area contributed by atoms with Gasteiger partial charge in [-0.05, 0) is 17.7 Å². The van der Waals surface area contributed by atoms with E-state index in [9.17, 15) is 9.50 Å². The van der Waals surface area contributed by atoms with Crippen molar-refractivity contribution in [2.24, 2.45) is 0 Å². The van der Waals surface area contributed by atoms with Crippen molar-refractivity contribution < 1.29 is 9.50 Å². The van der Waals surface area contributed by atoms with E-state index in [2.05, 4.69) is 15.9 Å². The van der Waals surface area contributed by atoms with E-state index < -0.39 is 6.10 Å². The van der Waals surface area contributed by atoms with Crippen LogP contribution in [-0.4, -0.2) is 10.9 Å². The molecule has 1 aromatic rings. The Morgan fingerprint density at radius 1 is 1.54 bits per heavy atom. The molecule has 0 saturated carbocycles. The van der Waals surface area contributed by atoms with Crippen molar-refractivity contribution in [3.63, 3.8) is 0 Å². The molecule has 0 fully saturated rings. The van der Waals surface area contributed by atoms with Crippen molar-refractivity contribution >= 4 is 27.7 Å². The monoisotopic (exact) mass is 262 g/mol. The first kappa shape index (κ1) is 9.49.